The summed E-state index contributed by atoms with van der Waals surface area (Å²) in [7, 11) is 0. The molecule has 3 heterocycles. The first kappa shape index (κ1) is 13.5. The van der Waals surface area contributed by atoms with Crippen LogP contribution in [-0.2, 0) is 24.4 Å². The second-order valence-corrected chi connectivity index (χ2v) is 5.87. The molecule has 0 atom stereocenters. The molecule has 0 aromatic carbocycles. The molecule has 1 fully saturated rings. The van der Waals surface area contributed by atoms with Crippen molar-refractivity contribution in [1.29, 1.82) is 0 Å². The zero-order chi connectivity index (χ0) is 14.9. The van der Waals surface area contributed by atoms with Gasteiger partial charge in [0.25, 0.3) is 5.91 Å². The van der Waals surface area contributed by atoms with E-state index in [9.17, 15) is 4.79 Å². The van der Waals surface area contributed by atoms with E-state index in [0.717, 1.165) is 23.9 Å². The van der Waals surface area contributed by atoms with Crippen molar-refractivity contribution in [3.05, 3.63) is 35.5 Å². The van der Waals surface area contributed by atoms with Crippen LogP contribution in [0.5, 0.6) is 0 Å². The van der Waals surface area contributed by atoms with Crippen molar-refractivity contribution in [2.75, 3.05) is 13.2 Å². The van der Waals surface area contributed by atoms with Gasteiger partial charge in [0, 0.05) is 13.2 Å². The number of hydrogen-bond donors (Lipinski definition) is 0. The Kier molecular flexibility index (Phi) is 3.42. The Balaban J connectivity index is 1.44. The van der Waals surface area contributed by atoms with Gasteiger partial charge in [-0.25, -0.2) is 4.68 Å². The molecule has 22 heavy (non-hydrogen) atoms. The lowest BCUT2D eigenvalue weighted by Crippen LogP contribution is -2.38. The van der Waals surface area contributed by atoms with Crippen molar-refractivity contribution in [3.63, 3.8) is 0 Å². The smallest absolute Gasteiger partial charge is 0.289 e. The van der Waals surface area contributed by atoms with Gasteiger partial charge in [0.05, 0.1) is 31.7 Å². The molecule has 0 radical (unpaired) electrons. The van der Waals surface area contributed by atoms with Gasteiger partial charge in [0.15, 0.2) is 5.76 Å². The van der Waals surface area contributed by atoms with E-state index in [-0.39, 0.29) is 5.91 Å². The molecule has 1 aliphatic carbocycles. The van der Waals surface area contributed by atoms with Gasteiger partial charge < -0.3 is 14.1 Å². The highest BCUT2D eigenvalue weighted by atomic mass is 16.5. The van der Waals surface area contributed by atoms with Crippen molar-refractivity contribution in [2.45, 2.75) is 32.5 Å². The number of ether oxygens (including phenoxy) is 1. The van der Waals surface area contributed by atoms with Crippen LogP contribution in [0.2, 0.25) is 0 Å². The molecule has 7 heteroatoms. The lowest BCUT2D eigenvalue weighted by Gasteiger charge is -2.27. The zero-order valence-electron chi connectivity index (χ0n) is 12.3. The Bertz CT molecular complexity index is 660. The number of nitrogens with zero attached hydrogens (tertiary/aromatic N) is 4. The second-order valence-electron chi connectivity index (χ2n) is 5.87. The molecule has 2 aromatic rings. The molecular formula is C15H18N4O3. The molecule has 0 unspecified atom stereocenters. The molecule has 0 N–H and O–H groups in total. The average molecular weight is 302 g/mol. The van der Waals surface area contributed by atoms with E-state index in [4.69, 9.17) is 9.15 Å². The number of fused-ring (bicyclic) bond motifs is 1. The van der Waals surface area contributed by atoms with E-state index < -0.39 is 0 Å². The van der Waals surface area contributed by atoms with Gasteiger partial charge in [-0.1, -0.05) is 5.21 Å². The molecular weight excluding hydrogens is 284 g/mol. The van der Waals surface area contributed by atoms with E-state index >= 15 is 0 Å². The summed E-state index contributed by atoms with van der Waals surface area (Å²) in [6.45, 7) is 3.01. The van der Waals surface area contributed by atoms with Crippen LogP contribution in [0.1, 0.15) is 34.8 Å². The maximum atomic E-state index is 12.4. The summed E-state index contributed by atoms with van der Waals surface area (Å²) in [6.07, 6.45) is 4.05. The van der Waals surface area contributed by atoms with E-state index in [1.165, 1.54) is 19.1 Å². The van der Waals surface area contributed by atoms with Crippen LogP contribution in [0.4, 0.5) is 0 Å². The van der Waals surface area contributed by atoms with Gasteiger partial charge >= 0.3 is 0 Å². The molecule has 0 bridgehead atoms. The van der Waals surface area contributed by atoms with E-state index in [1.807, 2.05) is 4.68 Å². The van der Waals surface area contributed by atoms with Crippen LogP contribution in [0.15, 0.2) is 22.8 Å². The highest BCUT2D eigenvalue weighted by Crippen LogP contribution is 2.29. The lowest BCUT2D eigenvalue weighted by atomic mass is 10.2. The number of carbonyl (C=O) groups is 1. The maximum Gasteiger partial charge on any atom is 0.289 e. The number of aromatic nitrogens is 3. The molecule has 1 amide bonds. The number of carbonyl (C=O) groups excluding carboxylic acids is 1. The van der Waals surface area contributed by atoms with Gasteiger partial charge in [-0.15, -0.1) is 5.10 Å². The summed E-state index contributed by atoms with van der Waals surface area (Å²) >= 11 is 0. The van der Waals surface area contributed by atoms with Gasteiger partial charge in [-0.3, -0.25) is 4.79 Å². The first-order chi connectivity index (χ1) is 10.8. The third kappa shape index (κ3) is 2.64. The normalized spacial score (nSPS) is 17.5. The standard InChI is InChI=1S/C15H18N4O3/c20-15(14-2-1-7-22-14)18-5-6-19-13(8-18)12(16-17-19)10-21-9-11-3-4-11/h1-2,7,11H,3-6,8-10H2. The Hall–Kier alpha value is -2.15. The largest absolute Gasteiger partial charge is 0.459 e. The minimum absolute atomic E-state index is 0.0951. The highest BCUT2D eigenvalue weighted by Gasteiger charge is 2.27. The van der Waals surface area contributed by atoms with Crippen molar-refractivity contribution in [3.8, 4) is 0 Å². The molecule has 0 spiro atoms. The highest BCUT2D eigenvalue weighted by molar-refractivity contribution is 5.91. The summed E-state index contributed by atoms with van der Waals surface area (Å²) < 4.78 is 12.8. The summed E-state index contributed by atoms with van der Waals surface area (Å²) in [5, 5.41) is 8.35. The van der Waals surface area contributed by atoms with Crippen LogP contribution >= 0.6 is 0 Å². The predicted octanol–water partition coefficient (Wildman–Crippen LogP) is 1.45. The molecule has 1 saturated carbocycles. The third-order valence-corrected chi connectivity index (χ3v) is 4.15. The minimum Gasteiger partial charge on any atom is -0.459 e. The Labute approximate surface area is 127 Å². The monoisotopic (exact) mass is 302 g/mol. The number of rotatable bonds is 5. The van der Waals surface area contributed by atoms with Crippen LogP contribution < -0.4 is 0 Å². The Morgan fingerprint density at radius 2 is 2.32 bits per heavy atom. The van der Waals surface area contributed by atoms with Gasteiger partial charge in [-0.05, 0) is 30.9 Å². The minimum atomic E-state index is -0.0951. The Morgan fingerprint density at radius 3 is 3.09 bits per heavy atom. The topological polar surface area (TPSA) is 73.4 Å². The summed E-state index contributed by atoms with van der Waals surface area (Å²) in [5.74, 6) is 0.998. The van der Waals surface area contributed by atoms with Gasteiger partial charge in [0.2, 0.25) is 0 Å². The third-order valence-electron chi connectivity index (χ3n) is 4.15. The van der Waals surface area contributed by atoms with Gasteiger partial charge in [-0.2, -0.15) is 0 Å². The summed E-state index contributed by atoms with van der Waals surface area (Å²) in [5.41, 5.74) is 1.79. The van der Waals surface area contributed by atoms with E-state index in [0.29, 0.717) is 32.0 Å². The molecule has 0 saturated heterocycles. The SMILES string of the molecule is O=C(c1ccco1)N1CCn2nnc(COCC3CC3)c2C1. The molecule has 7 nitrogen and oxygen atoms in total. The van der Waals surface area contributed by atoms with E-state index in [2.05, 4.69) is 10.3 Å². The number of hydrogen-bond acceptors (Lipinski definition) is 5. The van der Waals surface area contributed by atoms with Gasteiger partial charge in [0.1, 0.15) is 5.69 Å². The fourth-order valence-electron chi connectivity index (χ4n) is 2.64. The van der Waals surface area contributed by atoms with Crippen LogP contribution in [0, 0.1) is 5.92 Å². The van der Waals surface area contributed by atoms with Crippen molar-refractivity contribution in [1.82, 2.24) is 19.9 Å². The molecule has 116 valence electrons. The van der Waals surface area contributed by atoms with Crippen molar-refractivity contribution >= 4 is 5.91 Å². The fraction of sp³-hybridized carbons (Fsp3) is 0.533. The van der Waals surface area contributed by atoms with Crippen LogP contribution in [-0.4, -0.2) is 39.0 Å². The first-order valence-corrected chi connectivity index (χ1v) is 7.63. The van der Waals surface area contributed by atoms with E-state index in [1.54, 1.807) is 17.0 Å². The van der Waals surface area contributed by atoms with Crippen LogP contribution in [0.25, 0.3) is 0 Å². The zero-order valence-corrected chi connectivity index (χ0v) is 12.3. The van der Waals surface area contributed by atoms with Crippen molar-refractivity contribution < 1.29 is 13.9 Å². The Morgan fingerprint density at radius 1 is 1.41 bits per heavy atom. The fourth-order valence-corrected chi connectivity index (χ4v) is 2.64. The van der Waals surface area contributed by atoms with Crippen molar-refractivity contribution in [2.24, 2.45) is 5.92 Å². The predicted molar refractivity (Wildman–Crippen MR) is 75.9 cm³/mol. The van der Waals surface area contributed by atoms with Crippen LogP contribution in [0.3, 0.4) is 0 Å². The lowest BCUT2D eigenvalue weighted by molar-refractivity contribution is 0.0667. The number of furan rings is 1. The molecule has 4 rings (SSSR count). The molecule has 1 aliphatic heterocycles. The second kappa shape index (κ2) is 5.57. The quantitative estimate of drug-likeness (QED) is 0.836. The molecule has 2 aliphatic rings. The molecule has 2 aromatic heterocycles. The number of amides is 1. The first-order valence-electron chi connectivity index (χ1n) is 7.63. The maximum absolute atomic E-state index is 12.4. The summed E-state index contributed by atoms with van der Waals surface area (Å²) in [4.78, 5) is 14.1. The average Bonchev–Trinajstić information content (AvgIpc) is 3.05. The summed E-state index contributed by atoms with van der Waals surface area (Å²) in [6, 6.07) is 3.41.